The predicted molar refractivity (Wildman–Crippen MR) is 69.8 cm³/mol. The van der Waals surface area contributed by atoms with Crippen molar-refractivity contribution < 1.29 is 0 Å². The van der Waals surface area contributed by atoms with Crippen molar-refractivity contribution in [3.8, 4) is 0 Å². The van der Waals surface area contributed by atoms with Crippen molar-refractivity contribution in [2.24, 2.45) is 0 Å². The fourth-order valence-corrected chi connectivity index (χ4v) is 1.80. The zero-order chi connectivity index (χ0) is 11.8. The lowest BCUT2D eigenvalue weighted by molar-refractivity contribution is 0.479. The summed E-state index contributed by atoms with van der Waals surface area (Å²) in [7, 11) is 0. The van der Waals surface area contributed by atoms with E-state index in [-0.39, 0.29) is 0 Å². The minimum absolute atomic E-state index is 0.540. The minimum atomic E-state index is 0.540. The van der Waals surface area contributed by atoms with Gasteiger partial charge in [-0.15, -0.1) is 0 Å². The number of aryl methyl sites for hydroxylation is 1. The number of aromatic nitrogens is 1. The molecule has 2 rings (SSSR count). The van der Waals surface area contributed by atoms with Crippen LogP contribution in [0, 0.1) is 6.92 Å². The van der Waals surface area contributed by atoms with Gasteiger partial charge in [-0.25, -0.2) is 4.98 Å². The average molecular weight is 221 g/mol. The Kier molecular flexibility index (Phi) is 5.86. The molecular formula is C13H23N3. The molecule has 0 bridgehead atoms. The van der Waals surface area contributed by atoms with Crippen LogP contribution in [0.2, 0.25) is 0 Å². The highest BCUT2D eigenvalue weighted by Crippen LogP contribution is 2.10. The van der Waals surface area contributed by atoms with Crippen LogP contribution in [0.3, 0.4) is 0 Å². The monoisotopic (exact) mass is 221 g/mol. The quantitative estimate of drug-likeness (QED) is 0.806. The molecule has 1 aliphatic rings. The SMILES string of the molecule is CC.Cc1ccnc(NC2CCCNC2)c1. The van der Waals surface area contributed by atoms with Gasteiger partial charge in [0.15, 0.2) is 0 Å². The summed E-state index contributed by atoms with van der Waals surface area (Å²) in [6.45, 7) is 8.29. The van der Waals surface area contributed by atoms with Crippen molar-refractivity contribution in [2.75, 3.05) is 18.4 Å². The van der Waals surface area contributed by atoms with E-state index in [0.717, 1.165) is 18.9 Å². The smallest absolute Gasteiger partial charge is 0.126 e. The average Bonchev–Trinajstić information content (AvgIpc) is 2.33. The number of pyridine rings is 1. The lowest BCUT2D eigenvalue weighted by Gasteiger charge is -2.24. The first-order chi connectivity index (χ1) is 7.84. The van der Waals surface area contributed by atoms with Gasteiger partial charge in [-0.1, -0.05) is 13.8 Å². The third-order valence-electron chi connectivity index (χ3n) is 2.56. The minimum Gasteiger partial charge on any atom is -0.366 e. The molecule has 2 N–H and O–H groups in total. The van der Waals surface area contributed by atoms with Crippen LogP contribution in [0.4, 0.5) is 5.82 Å². The molecule has 90 valence electrons. The summed E-state index contributed by atoms with van der Waals surface area (Å²) in [4.78, 5) is 4.29. The molecule has 1 unspecified atom stereocenters. The molecule has 0 amide bonds. The summed E-state index contributed by atoms with van der Waals surface area (Å²) in [5.74, 6) is 0.999. The standard InChI is InChI=1S/C11H17N3.C2H6/c1-9-4-6-13-11(7-9)14-10-3-2-5-12-8-10;1-2/h4,6-7,10,12H,2-3,5,8H2,1H3,(H,13,14);1-2H3. The summed E-state index contributed by atoms with van der Waals surface area (Å²) in [6.07, 6.45) is 4.35. The second-order valence-corrected chi connectivity index (χ2v) is 3.91. The van der Waals surface area contributed by atoms with Crippen LogP contribution in [0.15, 0.2) is 18.3 Å². The van der Waals surface area contributed by atoms with Crippen LogP contribution in [-0.2, 0) is 0 Å². The molecule has 0 aromatic carbocycles. The van der Waals surface area contributed by atoms with E-state index in [2.05, 4.69) is 28.6 Å². The molecule has 3 nitrogen and oxygen atoms in total. The molecule has 1 atom stereocenters. The van der Waals surface area contributed by atoms with Crippen LogP contribution < -0.4 is 10.6 Å². The van der Waals surface area contributed by atoms with E-state index in [1.807, 2.05) is 26.1 Å². The van der Waals surface area contributed by atoms with Crippen molar-refractivity contribution in [3.05, 3.63) is 23.9 Å². The summed E-state index contributed by atoms with van der Waals surface area (Å²) in [5, 5.41) is 6.83. The van der Waals surface area contributed by atoms with Crippen LogP contribution in [-0.4, -0.2) is 24.1 Å². The summed E-state index contributed by atoms with van der Waals surface area (Å²) in [6, 6.07) is 4.65. The molecule has 0 radical (unpaired) electrons. The van der Waals surface area contributed by atoms with Gasteiger partial charge in [-0.2, -0.15) is 0 Å². The van der Waals surface area contributed by atoms with Gasteiger partial charge < -0.3 is 10.6 Å². The third-order valence-corrected chi connectivity index (χ3v) is 2.56. The lowest BCUT2D eigenvalue weighted by Crippen LogP contribution is -2.38. The number of hydrogen-bond acceptors (Lipinski definition) is 3. The largest absolute Gasteiger partial charge is 0.366 e. The van der Waals surface area contributed by atoms with Crippen molar-refractivity contribution in [1.29, 1.82) is 0 Å². The highest BCUT2D eigenvalue weighted by Gasteiger charge is 2.12. The molecule has 3 heteroatoms. The Labute approximate surface area is 98.7 Å². The molecule has 0 aliphatic carbocycles. The van der Waals surface area contributed by atoms with Gasteiger partial charge in [-0.3, -0.25) is 0 Å². The van der Waals surface area contributed by atoms with E-state index in [1.54, 1.807) is 0 Å². The summed E-state index contributed by atoms with van der Waals surface area (Å²) >= 11 is 0. The van der Waals surface area contributed by atoms with Crippen LogP contribution in [0.25, 0.3) is 0 Å². The van der Waals surface area contributed by atoms with E-state index in [9.17, 15) is 0 Å². The first-order valence-electron chi connectivity index (χ1n) is 6.24. The Balaban J connectivity index is 0.000000606. The van der Waals surface area contributed by atoms with Crippen molar-refractivity contribution in [3.63, 3.8) is 0 Å². The topological polar surface area (TPSA) is 37.0 Å². The fourth-order valence-electron chi connectivity index (χ4n) is 1.80. The van der Waals surface area contributed by atoms with E-state index < -0.39 is 0 Å². The molecule has 1 aromatic rings. The van der Waals surface area contributed by atoms with Gasteiger partial charge in [0, 0.05) is 18.8 Å². The van der Waals surface area contributed by atoms with Gasteiger partial charge in [-0.05, 0) is 44.0 Å². The van der Waals surface area contributed by atoms with Gasteiger partial charge in [0.2, 0.25) is 0 Å². The Morgan fingerprint density at radius 1 is 1.44 bits per heavy atom. The molecule has 1 aliphatic heterocycles. The molecule has 1 fully saturated rings. The normalized spacial score (nSPS) is 19.6. The molecule has 0 spiro atoms. The highest BCUT2D eigenvalue weighted by atomic mass is 15.1. The van der Waals surface area contributed by atoms with E-state index in [0.29, 0.717) is 6.04 Å². The molecule has 16 heavy (non-hydrogen) atoms. The van der Waals surface area contributed by atoms with Crippen molar-refractivity contribution >= 4 is 5.82 Å². The van der Waals surface area contributed by atoms with Gasteiger partial charge in [0.25, 0.3) is 0 Å². The first kappa shape index (κ1) is 13.0. The number of piperidine rings is 1. The Bertz CT molecular complexity index is 293. The zero-order valence-corrected chi connectivity index (χ0v) is 10.6. The third kappa shape index (κ3) is 4.19. The summed E-state index contributed by atoms with van der Waals surface area (Å²) < 4.78 is 0. The maximum atomic E-state index is 4.29. The second-order valence-electron chi connectivity index (χ2n) is 3.91. The van der Waals surface area contributed by atoms with E-state index in [4.69, 9.17) is 0 Å². The van der Waals surface area contributed by atoms with Crippen LogP contribution in [0.1, 0.15) is 32.3 Å². The van der Waals surface area contributed by atoms with Crippen LogP contribution in [0.5, 0.6) is 0 Å². The first-order valence-corrected chi connectivity index (χ1v) is 6.24. The number of hydrogen-bond donors (Lipinski definition) is 2. The number of nitrogens with one attached hydrogen (secondary N) is 2. The molecule has 0 saturated carbocycles. The molecule has 1 aromatic heterocycles. The summed E-state index contributed by atoms with van der Waals surface area (Å²) in [5.41, 5.74) is 1.26. The Morgan fingerprint density at radius 2 is 2.25 bits per heavy atom. The zero-order valence-electron chi connectivity index (χ0n) is 10.6. The Morgan fingerprint density at radius 3 is 2.88 bits per heavy atom. The maximum Gasteiger partial charge on any atom is 0.126 e. The van der Waals surface area contributed by atoms with Gasteiger partial charge >= 0.3 is 0 Å². The lowest BCUT2D eigenvalue weighted by atomic mass is 10.1. The number of rotatable bonds is 2. The predicted octanol–water partition coefficient (Wildman–Crippen LogP) is 2.58. The van der Waals surface area contributed by atoms with Crippen molar-refractivity contribution in [1.82, 2.24) is 10.3 Å². The van der Waals surface area contributed by atoms with Crippen molar-refractivity contribution in [2.45, 2.75) is 39.7 Å². The highest BCUT2D eigenvalue weighted by molar-refractivity contribution is 5.38. The van der Waals surface area contributed by atoms with Gasteiger partial charge in [0.05, 0.1) is 0 Å². The number of nitrogens with zero attached hydrogens (tertiary/aromatic N) is 1. The van der Waals surface area contributed by atoms with Crippen LogP contribution >= 0.6 is 0 Å². The molecular weight excluding hydrogens is 198 g/mol. The molecule has 2 heterocycles. The number of anilines is 1. The van der Waals surface area contributed by atoms with Gasteiger partial charge in [0.1, 0.15) is 5.82 Å². The molecule has 1 saturated heterocycles. The van der Waals surface area contributed by atoms with E-state index in [1.165, 1.54) is 18.4 Å². The Hall–Kier alpha value is -1.09. The maximum absolute atomic E-state index is 4.29. The van der Waals surface area contributed by atoms with E-state index >= 15 is 0 Å². The second kappa shape index (κ2) is 7.23. The fraction of sp³-hybridized carbons (Fsp3) is 0.615.